The van der Waals surface area contributed by atoms with Gasteiger partial charge in [-0.1, -0.05) is 50.7 Å². The van der Waals surface area contributed by atoms with Crippen molar-refractivity contribution in [2.75, 3.05) is 0 Å². The molecule has 0 bridgehead atoms. The van der Waals surface area contributed by atoms with Crippen molar-refractivity contribution in [2.45, 2.75) is 59.7 Å². The molecule has 2 heteroatoms. The summed E-state index contributed by atoms with van der Waals surface area (Å²) in [6.07, 6.45) is 3.33. The molecule has 1 aromatic heterocycles. The van der Waals surface area contributed by atoms with Crippen LogP contribution in [0.5, 0.6) is 0 Å². The number of benzene rings is 1. The van der Waals surface area contributed by atoms with E-state index < -0.39 is 8.07 Å². The molecule has 0 spiro atoms. The van der Waals surface area contributed by atoms with Gasteiger partial charge in [-0.15, -0.1) is 0 Å². The van der Waals surface area contributed by atoms with E-state index in [4.69, 9.17) is 4.98 Å². The van der Waals surface area contributed by atoms with Crippen LogP contribution in [0.3, 0.4) is 0 Å². The van der Waals surface area contributed by atoms with Gasteiger partial charge in [0.15, 0.2) is 0 Å². The van der Waals surface area contributed by atoms with Crippen LogP contribution in [0.4, 0.5) is 0 Å². The lowest BCUT2D eigenvalue weighted by atomic mass is 9.96. The number of pyridine rings is 1. The highest BCUT2D eigenvalue weighted by Gasteiger charge is 2.23. The molecule has 0 N–H and O–H groups in total. The Kier molecular flexibility index (Phi) is 4.91. The average Bonchev–Trinajstić information content (AvgIpc) is 2.43. The molecule has 0 saturated heterocycles. The molecule has 2 aromatic rings. The lowest BCUT2D eigenvalue weighted by Gasteiger charge is -2.24. The summed E-state index contributed by atoms with van der Waals surface area (Å²) in [5.74, 6) is 0.592. The van der Waals surface area contributed by atoms with Crippen LogP contribution in [0.15, 0.2) is 30.5 Å². The topological polar surface area (TPSA) is 12.9 Å². The first-order valence-electron chi connectivity index (χ1n) is 8.31. The second kappa shape index (κ2) is 6.37. The van der Waals surface area contributed by atoms with Crippen molar-refractivity contribution in [3.8, 4) is 11.3 Å². The van der Waals surface area contributed by atoms with Gasteiger partial charge in [0.25, 0.3) is 0 Å². The van der Waals surface area contributed by atoms with Gasteiger partial charge >= 0.3 is 0 Å². The molecule has 1 unspecified atom stereocenters. The first kappa shape index (κ1) is 16.9. The third-order valence-electron chi connectivity index (χ3n) is 4.40. The molecular weight excluding hydrogens is 282 g/mol. The molecule has 1 atom stereocenters. The lowest BCUT2D eigenvalue weighted by Crippen LogP contribution is -2.41. The molecule has 1 aromatic carbocycles. The van der Waals surface area contributed by atoms with Crippen LogP contribution in [0.25, 0.3) is 11.3 Å². The second-order valence-corrected chi connectivity index (χ2v) is 12.6. The Balaban J connectivity index is 2.60. The zero-order valence-corrected chi connectivity index (χ0v) is 16.1. The fraction of sp³-hybridized carbons (Fsp3) is 0.450. The number of aryl methyl sites for hydroxylation is 2. The van der Waals surface area contributed by atoms with Crippen LogP contribution in [-0.4, -0.2) is 13.1 Å². The van der Waals surface area contributed by atoms with Crippen LogP contribution in [0.2, 0.25) is 19.6 Å². The van der Waals surface area contributed by atoms with E-state index >= 15 is 0 Å². The SMILES string of the molecule is CCC(C)c1cc(-c2cc(C)cc(C)c2)ncc1[Si](C)(C)C. The molecule has 118 valence electrons. The number of nitrogens with zero attached hydrogens (tertiary/aromatic N) is 1. The summed E-state index contributed by atoms with van der Waals surface area (Å²) in [5, 5.41) is 1.51. The van der Waals surface area contributed by atoms with Crippen molar-refractivity contribution in [1.29, 1.82) is 0 Å². The molecule has 2 rings (SSSR count). The Hall–Kier alpha value is -1.41. The minimum absolute atomic E-state index is 0.592. The standard InChI is InChI=1S/C20H29NSi/c1-8-16(4)18-12-19(21-13-20(18)22(5,6)7)17-10-14(2)9-15(3)11-17/h9-13,16H,8H2,1-7H3. The van der Waals surface area contributed by atoms with E-state index in [0.717, 1.165) is 5.69 Å². The van der Waals surface area contributed by atoms with Gasteiger partial charge in [0.1, 0.15) is 0 Å². The maximum absolute atomic E-state index is 4.81. The zero-order chi connectivity index (χ0) is 16.5. The van der Waals surface area contributed by atoms with E-state index in [-0.39, 0.29) is 0 Å². The molecule has 0 fully saturated rings. The third-order valence-corrected chi connectivity index (χ3v) is 6.44. The second-order valence-electron chi connectivity index (χ2n) is 7.59. The van der Waals surface area contributed by atoms with Crippen molar-refractivity contribution >= 4 is 13.3 Å². The van der Waals surface area contributed by atoms with E-state index in [1.807, 2.05) is 0 Å². The molecule has 0 aliphatic rings. The summed E-state index contributed by atoms with van der Waals surface area (Å²) in [5.41, 5.74) is 6.46. The first-order chi connectivity index (χ1) is 10.2. The van der Waals surface area contributed by atoms with E-state index in [0.29, 0.717) is 5.92 Å². The molecule has 0 amide bonds. The first-order valence-corrected chi connectivity index (χ1v) is 11.8. The van der Waals surface area contributed by atoms with E-state index in [1.54, 1.807) is 0 Å². The van der Waals surface area contributed by atoms with Crippen LogP contribution < -0.4 is 5.19 Å². The van der Waals surface area contributed by atoms with Gasteiger partial charge in [-0.3, -0.25) is 4.98 Å². The smallest absolute Gasteiger partial charge is 0.0799 e. The normalized spacial score (nSPS) is 13.2. The molecule has 22 heavy (non-hydrogen) atoms. The number of hydrogen-bond donors (Lipinski definition) is 0. The van der Waals surface area contributed by atoms with E-state index in [9.17, 15) is 0 Å². The van der Waals surface area contributed by atoms with Gasteiger partial charge in [-0.25, -0.2) is 0 Å². The molecule has 0 radical (unpaired) electrons. The van der Waals surface area contributed by atoms with Gasteiger partial charge in [0.05, 0.1) is 13.8 Å². The van der Waals surface area contributed by atoms with Crippen molar-refractivity contribution in [1.82, 2.24) is 4.98 Å². The minimum Gasteiger partial charge on any atom is -0.256 e. The predicted octanol–water partition coefficient (Wildman–Crippen LogP) is 5.42. The monoisotopic (exact) mass is 311 g/mol. The Morgan fingerprint density at radius 2 is 1.59 bits per heavy atom. The van der Waals surface area contributed by atoms with E-state index in [2.05, 4.69) is 77.8 Å². The fourth-order valence-electron chi connectivity index (χ4n) is 3.01. The summed E-state index contributed by atoms with van der Waals surface area (Å²) >= 11 is 0. The molecular formula is C20H29NSi. The van der Waals surface area contributed by atoms with Crippen molar-refractivity contribution in [3.63, 3.8) is 0 Å². The molecule has 0 saturated carbocycles. The fourth-order valence-corrected chi connectivity index (χ4v) is 4.64. The Morgan fingerprint density at radius 1 is 1.00 bits per heavy atom. The zero-order valence-electron chi connectivity index (χ0n) is 15.1. The van der Waals surface area contributed by atoms with Crippen molar-refractivity contribution < 1.29 is 0 Å². The maximum atomic E-state index is 4.81. The molecule has 1 nitrogen and oxygen atoms in total. The van der Waals surface area contributed by atoms with Gasteiger partial charge in [0.2, 0.25) is 0 Å². The highest BCUT2D eigenvalue weighted by molar-refractivity contribution is 6.89. The van der Waals surface area contributed by atoms with E-state index in [1.165, 1.54) is 33.9 Å². The minimum atomic E-state index is -1.37. The Labute approximate surface area is 136 Å². The van der Waals surface area contributed by atoms with Crippen LogP contribution in [0, 0.1) is 13.8 Å². The summed E-state index contributed by atoms with van der Waals surface area (Å²) < 4.78 is 0. The molecule has 1 heterocycles. The van der Waals surface area contributed by atoms with Gasteiger partial charge in [0, 0.05) is 11.8 Å². The highest BCUT2D eigenvalue weighted by Crippen LogP contribution is 2.26. The third kappa shape index (κ3) is 3.67. The van der Waals surface area contributed by atoms with Crippen molar-refractivity contribution in [3.05, 3.63) is 47.2 Å². The summed E-state index contributed by atoms with van der Waals surface area (Å²) in [6, 6.07) is 9.04. The Bertz CT molecular complexity index is 648. The van der Waals surface area contributed by atoms with Crippen LogP contribution >= 0.6 is 0 Å². The van der Waals surface area contributed by atoms with Gasteiger partial charge in [-0.05, 0) is 55.1 Å². The highest BCUT2D eigenvalue weighted by atomic mass is 28.3. The summed E-state index contributed by atoms with van der Waals surface area (Å²) in [7, 11) is -1.37. The lowest BCUT2D eigenvalue weighted by molar-refractivity contribution is 0.736. The number of hydrogen-bond acceptors (Lipinski definition) is 1. The molecule has 0 aliphatic carbocycles. The maximum Gasteiger partial charge on any atom is 0.0799 e. The largest absolute Gasteiger partial charge is 0.256 e. The predicted molar refractivity (Wildman–Crippen MR) is 101 cm³/mol. The quantitative estimate of drug-likeness (QED) is 0.687. The average molecular weight is 312 g/mol. The number of rotatable bonds is 4. The van der Waals surface area contributed by atoms with Gasteiger partial charge < -0.3 is 0 Å². The summed E-state index contributed by atoms with van der Waals surface area (Å²) in [6.45, 7) is 16.1. The summed E-state index contributed by atoms with van der Waals surface area (Å²) in [4.78, 5) is 4.81. The van der Waals surface area contributed by atoms with Crippen LogP contribution in [0.1, 0.15) is 42.9 Å². The van der Waals surface area contributed by atoms with Crippen molar-refractivity contribution in [2.24, 2.45) is 0 Å². The number of aromatic nitrogens is 1. The Morgan fingerprint density at radius 3 is 2.09 bits per heavy atom. The molecule has 0 aliphatic heterocycles. The van der Waals surface area contributed by atoms with Crippen LogP contribution in [-0.2, 0) is 0 Å². The van der Waals surface area contributed by atoms with Gasteiger partial charge in [-0.2, -0.15) is 0 Å².